The lowest BCUT2D eigenvalue weighted by molar-refractivity contribution is 0.0737. The first kappa shape index (κ1) is 19.5. The van der Waals surface area contributed by atoms with E-state index in [-0.39, 0.29) is 17.8 Å². The molecule has 1 amide bonds. The number of rotatable bonds is 5. The molecule has 4 rings (SSSR count). The maximum atomic E-state index is 13.5. The Labute approximate surface area is 172 Å². The lowest BCUT2D eigenvalue weighted by atomic mass is 10.1. The van der Waals surface area contributed by atoms with Crippen LogP contribution in [-0.2, 0) is 0 Å². The summed E-state index contributed by atoms with van der Waals surface area (Å²) in [5.41, 5.74) is 7.83. The lowest BCUT2D eigenvalue weighted by Crippen LogP contribution is -2.40. The SMILES string of the molecule is COc1ccccc1-c1nc(C(=O)N2CCCC2CN)c(-c2ccc(F)cc2)s1. The van der Waals surface area contributed by atoms with E-state index in [9.17, 15) is 9.18 Å². The highest BCUT2D eigenvalue weighted by Crippen LogP contribution is 2.40. The third-order valence-corrected chi connectivity index (χ3v) is 6.32. The molecule has 1 saturated heterocycles. The average molecular weight is 412 g/mol. The number of nitrogens with two attached hydrogens (primary N) is 1. The first-order chi connectivity index (χ1) is 14.1. The molecular weight excluding hydrogens is 389 g/mol. The Hall–Kier alpha value is -2.77. The van der Waals surface area contributed by atoms with Crippen molar-refractivity contribution < 1.29 is 13.9 Å². The molecule has 5 nitrogen and oxygen atoms in total. The molecule has 0 bridgehead atoms. The third-order valence-electron chi connectivity index (χ3n) is 5.18. The van der Waals surface area contributed by atoms with Crippen molar-refractivity contribution in [2.24, 2.45) is 5.73 Å². The van der Waals surface area contributed by atoms with Crippen molar-refractivity contribution in [2.75, 3.05) is 20.2 Å². The molecule has 2 aromatic carbocycles. The van der Waals surface area contributed by atoms with Gasteiger partial charge in [0.2, 0.25) is 0 Å². The summed E-state index contributed by atoms with van der Waals surface area (Å²) in [6.07, 6.45) is 1.83. The van der Waals surface area contributed by atoms with Gasteiger partial charge in [0.25, 0.3) is 5.91 Å². The molecule has 0 saturated carbocycles. The third kappa shape index (κ3) is 3.75. The van der Waals surface area contributed by atoms with Crippen LogP contribution in [-0.4, -0.2) is 42.0 Å². The van der Waals surface area contributed by atoms with Gasteiger partial charge in [-0.25, -0.2) is 9.37 Å². The highest BCUT2D eigenvalue weighted by atomic mass is 32.1. The van der Waals surface area contributed by atoms with Crippen LogP contribution in [0.4, 0.5) is 4.39 Å². The summed E-state index contributed by atoms with van der Waals surface area (Å²) in [4.78, 5) is 20.6. The van der Waals surface area contributed by atoms with Gasteiger partial charge in [-0.15, -0.1) is 11.3 Å². The Morgan fingerprint density at radius 3 is 2.76 bits per heavy atom. The van der Waals surface area contributed by atoms with E-state index in [1.54, 1.807) is 19.2 Å². The van der Waals surface area contributed by atoms with E-state index in [4.69, 9.17) is 15.5 Å². The number of halogens is 1. The zero-order valence-corrected chi connectivity index (χ0v) is 16.9. The van der Waals surface area contributed by atoms with Crippen molar-refractivity contribution in [1.29, 1.82) is 0 Å². The second kappa shape index (κ2) is 8.31. The number of thiazole rings is 1. The Bertz CT molecular complexity index is 1020. The maximum Gasteiger partial charge on any atom is 0.274 e. The molecule has 150 valence electrons. The van der Waals surface area contributed by atoms with Gasteiger partial charge < -0.3 is 15.4 Å². The van der Waals surface area contributed by atoms with Gasteiger partial charge in [0.15, 0.2) is 0 Å². The van der Waals surface area contributed by atoms with Crippen LogP contribution in [0, 0.1) is 5.82 Å². The van der Waals surface area contributed by atoms with Gasteiger partial charge in [0.1, 0.15) is 22.3 Å². The quantitative estimate of drug-likeness (QED) is 0.684. The Morgan fingerprint density at radius 1 is 1.28 bits per heavy atom. The minimum absolute atomic E-state index is 0.0278. The number of likely N-dealkylation sites (tertiary alicyclic amines) is 1. The van der Waals surface area contributed by atoms with E-state index < -0.39 is 0 Å². The summed E-state index contributed by atoms with van der Waals surface area (Å²) in [6, 6.07) is 13.7. The number of benzene rings is 2. The van der Waals surface area contributed by atoms with Gasteiger partial charge in [-0.2, -0.15) is 0 Å². The molecule has 29 heavy (non-hydrogen) atoms. The van der Waals surface area contributed by atoms with Crippen molar-refractivity contribution in [3.8, 4) is 26.8 Å². The summed E-state index contributed by atoms with van der Waals surface area (Å²) in [7, 11) is 1.61. The largest absolute Gasteiger partial charge is 0.496 e. The van der Waals surface area contributed by atoms with E-state index >= 15 is 0 Å². The molecule has 1 fully saturated rings. The molecule has 2 heterocycles. The fourth-order valence-electron chi connectivity index (χ4n) is 3.68. The molecule has 1 aliphatic rings. The highest BCUT2D eigenvalue weighted by Gasteiger charge is 2.32. The van der Waals surface area contributed by atoms with E-state index in [0.717, 1.165) is 28.8 Å². The Balaban J connectivity index is 1.83. The normalized spacial score (nSPS) is 16.2. The second-order valence-electron chi connectivity index (χ2n) is 6.93. The summed E-state index contributed by atoms with van der Waals surface area (Å²) in [5, 5.41) is 0.689. The lowest BCUT2D eigenvalue weighted by Gasteiger charge is -2.23. The second-order valence-corrected chi connectivity index (χ2v) is 7.93. The van der Waals surface area contributed by atoms with E-state index in [0.29, 0.717) is 29.5 Å². The van der Waals surface area contributed by atoms with Crippen LogP contribution < -0.4 is 10.5 Å². The van der Waals surface area contributed by atoms with Crippen molar-refractivity contribution in [2.45, 2.75) is 18.9 Å². The number of hydrogen-bond acceptors (Lipinski definition) is 5. The molecule has 0 spiro atoms. The van der Waals surface area contributed by atoms with E-state index in [1.807, 2.05) is 29.2 Å². The first-order valence-corrected chi connectivity index (χ1v) is 10.3. The van der Waals surface area contributed by atoms with Crippen molar-refractivity contribution in [1.82, 2.24) is 9.88 Å². The van der Waals surface area contributed by atoms with Gasteiger partial charge in [-0.05, 0) is 42.7 Å². The van der Waals surface area contributed by atoms with Crippen LogP contribution in [0.3, 0.4) is 0 Å². The van der Waals surface area contributed by atoms with Gasteiger partial charge in [0.05, 0.1) is 17.6 Å². The standard InChI is InChI=1S/C22H22FN3O2S/c1-28-18-7-3-2-6-17(18)21-25-19(22(27)26-12-4-5-16(26)13-24)20(29-21)14-8-10-15(23)11-9-14/h2-3,6-11,16H,4-5,12-13,24H2,1H3. The Kier molecular flexibility index (Phi) is 5.60. The fraction of sp³-hybridized carbons (Fsp3) is 0.273. The topological polar surface area (TPSA) is 68.5 Å². The predicted molar refractivity (Wildman–Crippen MR) is 113 cm³/mol. The smallest absolute Gasteiger partial charge is 0.274 e. The molecule has 1 aromatic heterocycles. The molecule has 2 N–H and O–H groups in total. The molecule has 1 unspecified atom stereocenters. The molecule has 1 atom stereocenters. The minimum Gasteiger partial charge on any atom is -0.496 e. The van der Waals surface area contributed by atoms with E-state index in [2.05, 4.69) is 0 Å². The summed E-state index contributed by atoms with van der Waals surface area (Å²) >= 11 is 1.40. The number of hydrogen-bond donors (Lipinski definition) is 1. The maximum absolute atomic E-state index is 13.5. The van der Waals surface area contributed by atoms with E-state index in [1.165, 1.54) is 23.5 Å². The van der Waals surface area contributed by atoms with Crippen LogP contribution >= 0.6 is 11.3 Å². The van der Waals surface area contributed by atoms with Gasteiger partial charge >= 0.3 is 0 Å². The number of nitrogens with zero attached hydrogens (tertiary/aromatic N) is 2. The van der Waals surface area contributed by atoms with Crippen molar-refractivity contribution in [3.05, 3.63) is 60.0 Å². The van der Waals surface area contributed by atoms with Crippen molar-refractivity contribution >= 4 is 17.2 Å². The highest BCUT2D eigenvalue weighted by molar-refractivity contribution is 7.18. The minimum atomic E-state index is -0.321. The van der Waals surface area contributed by atoms with Crippen molar-refractivity contribution in [3.63, 3.8) is 0 Å². The first-order valence-electron chi connectivity index (χ1n) is 9.53. The molecule has 1 aliphatic heterocycles. The number of methoxy groups -OCH3 is 1. The molecule has 7 heteroatoms. The molecular formula is C22H22FN3O2S. The van der Waals surface area contributed by atoms with Crippen LogP contribution in [0.15, 0.2) is 48.5 Å². The summed E-state index contributed by atoms with van der Waals surface area (Å²) in [6.45, 7) is 1.10. The number of carbonyl (C=O) groups excluding carboxylic acids is 1. The number of ether oxygens (including phenoxy) is 1. The van der Waals surface area contributed by atoms with Gasteiger partial charge in [0, 0.05) is 19.1 Å². The predicted octanol–water partition coefficient (Wildman–Crippen LogP) is 4.19. The Morgan fingerprint density at radius 2 is 2.03 bits per heavy atom. The average Bonchev–Trinajstić information content (AvgIpc) is 3.41. The van der Waals surface area contributed by atoms with Crippen LogP contribution in [0.25, 0.3) is 21.0 Å². The summed E-state index contributed by atoms with van der Waals surface area (Å²) < 4.78 is 18.9. The number of aromatic nitrogens is 1. The van der Waals surface area contributed by atoms with Gasteiger partial charge in [-0.3, -0.25) is 4.79 Å². The molecule has 0 radical (unpaired) electrons. The zero-order valence-electron chi connectivity index (χ0n) is 16.1. The van der Waals surface area contributed by atoms with Crippen LogP contribution in [0.1, 0.15) is 23.3 Å². The zero-order chi connectivity index (χ0) is 20.4. The molecule has 3 aromatic rings. The number of amides is 1. The van der Waals surface area contributed by atoms with Crippen LogP contribution in [0.2, 0.25) is 0 Å². The van der Waals surface area contributed by atoms with Crippen LogP contribution in [0.5, 0.6) is 5.75 Å². The monoisotopic (exact) mass is 411 g/mol. The van der Waals surface area contributed by atoms with Gasteiger partial charge in [-0.1, -0.05) is 24.3 Å². The number of para-hydroxylation sites is 1. The summed E-state index contributed by atoms with van der Waals surface area (Å²) in [5.74, 6) is 0.236. The number of carbonyl (C=O) groups is 1. The molecule has 0 aliphatic carbocycles. The fourth-order valence-corrected chi connectivity index (χ4v) is 4.78.